The minimum absolute atomic E-state index is 0.0109. The number of hydrogen-bond acceptors (Lipinski definition) is 9. The fourth-order valence-electron chi connectivity index (χ4n) is 7.37. The number of aryl methyl sites for hydroxylation is 2. The topological polar surface area (TPSA) is 194 Å². The van der Waals surface area contributed by atoms with Gasteiger partial charge in [0.25, 0.3) is 6.26 Å². The van der Waals surface area contributed by atoms with E-state index in [1.54, 1.807) is 55.3 Å². The Kier molecular flexibility index (Phi) is 15.1. The van der Waals surface area contributed by atoms with Crippen LogP contribution in [0.3, 0.4) is 0 Å². The predicted molar refractivity (Wildman–Crippen MR) is 234 cm³/mol. The summed E-state index contributed by atoms with van der Waals surface area (Å²) in [6.45, 7) is 0. The number of primary sulfonamides is 1. The molecule has 62 heavy (non-hydrogen) atoms. The van der Waals surface area contributed by atoms with Crippen molar-refractivity contribution in [3.8, 4) is 34.3 Å². The minimum atomic E-state index is -3.84. The number of amides is 2. The van der Waals surface area contributed by atoms with Crippen LogP contribution >= 0.6 is 0 Å². The number of nitrogens with two attached hydrogens (primary N) is 1. The number of nitrogens with zero attached hydrogens (tertiary/aromatic N) is 3. The molecule has 0 aliphatic heterocycles. The van der Waals surface area contributed by atoms with E-state index in [2.05, 4.69) is 20.0 Å². The fourth-order valence-corrected chi connectivity index (χ4v) is 8.83. The zero-order valence-corrected chi connectivity index (χ0v) is 35.2. The molecule has 6 aromatic rings. The number of nitrogens with one attached hydrogen (secondary N) is 2. The number of sulfonamides is 2. The van der Waals surface area contributed by atoms with Gasteiger partial charge in [-0.1, -0.05) is 60.7 Å². The molecule has 2 heterocycles. The number of hydrogen-bond donors (Lipinski definition) is 3. The Bertz CT molecular complexity index is 2760. The molecule has 320 valence electrons. The molecule has 4 N–H and O–H groups in total. The average Bonchev–Trinajstić information content (AvgIpc) is 3.98. The minimum Gasteiger partial charge on any atom is -0.387 e. The molecule has 0 radical (unpaired) electrons. The molecule has 12 nitrogen and oxygen atoms in total. The Morgan fingerprint density at radius 3 is 1.68 bits per heavy atom. The molecule has 0 saturated heterocycles. The van der Waals surface area contributed by atoms with Gasteiger partial charge < -0.3 is 10.1 Å². The zero-order chi connectivity index (χ0) is 44.1. The molecule has 0 bridgehead atoms. The van der Waals surface area contributed by atoms with E-state index in [1.165, 1.54) is 12.1 Å². The van der Waals surface area contributed by atoms with Gasteiger partial charge in [-0.15, -0.1) is 5.26 Å². The third-order valence-electron chi connectivity index (χ3n) is 10.3. The first kappa shape index (κ1) is 45.0. The van der Waals surface area contributed by atoms with Gasteiger partial charge in [0.15, 0.2) is 5.75 Å². The Balaban J connectivity index is 0.000000175. The standard InChI is InChI=1S/C23H22FN3O3S.C15H11FN2O.C8H11NO2S/c24-21-15-20(17-9-12-25-13-10-17)22(19-8-4-7-18(19)21)26-23(28)27-31(29,30)14-11-16-5-2-1-3-6-16;16-14-8-13(10-4-6-18-7-5-10)15(19-9-17)12-3-1-2-11(12)14;9-12(10,11)7-6-8-4-2-1-3-5-8/h1-3,5-6,9-10,12-13,15H,4,7-8,11,14H2,(H2,26,27,28);4-8H,1-3H2;1-5H,6-7H2,(H2,9,10,11). The highest BCUT2D eigenvalue weighted by molar-refractivity contribution is 7.90. The highest BCUT2D eigenvalue weighted by Gasteiger charge is 2.26. The Morgan fingerprint density at radius 1 is 0.677 bits per heavy atom. The number of aromatic nitrogens is 2. The van der Waals surface area contributed by atoms with Crippen LogP contribution in [0.15, 0.2) is 122 Å². The molecular formula is C46H44F2N6O6S2. The van der Waals surface area contributed by atoms with Crippen molar-refractivity contribution in [3.05, 3.63) is 167 Å². The lowest BCUT2D eigenvalue weighted by atomic mass is 9.97. The van der Waals surface area contributed by atoms with E-state index in [-0.39, 0.29) is 29.6 Å². The first-order chi connectivity index (χ1) is 29.8. The number of carbonyl (C=O) groups excluding carboxylic acids is 1. The van der Waals surface area contributed by atoms with Crippen LogP contribution in [0.1, 0.15) is 46.2 Å². The first-order valence-electron chi connectivity index (χ1n) is 19.8. The van der Waals surface area contributed by atoms with Crippen molar-refractivity contribution in [2.24, 2.45) is 5.14 Å². The molecule has 0 atom stereocenters. The molecule has 8 rings (SSSR count). The van der Waals surface area contributed by atoms with Gasteiger partial charge in [0.1, 0.15) is 11.6 Å². The fraction of sp³-hybridized carbons (Fsp3) is 0.217. The number of pyridine rings is 2. The zero-order valence-electron chi connectivity index (χ0n) is 33.6. The van der Waals surface area contributed by atoms with Gasteiger partial charge in [-0.25, -0.2) is 40.3 Å². The maximum absolute atomic E-state index is 14.6. The molecule has 2 aliphatic carbocycles. The SMILES string of the molecule is N#COc1c(-c2ccncc2)cc(F)c2c1CCC2.NS(=O)(=O)CCc1ccccc1.O=C(Nc1c(-c2ccncc2)cc(F)c2c1CCC2)NS(=O)(=O)CCc1ccccc1. The van der Waals surface area contributed by atoms with Crippen LogP contribution < -0.4 is 19.9 Å². The number of nitriles is 1. The molecule has 2 aliphatic rings. The molecule has 2 aromatic heterocycles. The summed E-state index contributed by atoms with van der Waals surface area (Å²) in [4.78, 5) is 20.5. The van der Waals surface area contributed by atoms with E-state index in [0.29, 0.717) is 70.5 Å². The van der Waals surface area contributed by atoms with Gasteiger partial charge in [0, 0.05) is 41.5 Å². The highest BCUT2D eigenvalue weighted by atomic mass is 32.2. The Hall–Kier alpha value is -6.54. The second-order valence-electron chi connectivity index (χ2n) is 14.5. The molecule has 16 heteroatoms. The quantitative estimate of drug-likeness (QED) is 0.109. The van der Waals surface area contributed by atoms with Crippen LogP contribution in [-0.2, 0) is 58.6 Å². The maximum Gasteiger partial charge on any atom is 0.332 e. The number of anilines is 1. The van der Waals surface area contributed by atoms with Gasteiger partial charge in [-0.3, -0.25) is 9.97 Å². The molecular weight excluding hydrogens is 835 g/mol. The van der Waals surface area contributed by atoms with Crippen LogP contribution in [0.5, 0.6) is 5.75 Å². The van der Waals surface area contributed by atoms with Crippen molar-refractivity contribution < 1.29 is 35.1 Å². The number of rotatable bonds is 11. The Labute approximate surface area is 359 Å². The lowest BCUT2D eigenvalue weighted by Gasteiger charge is -2.17. The second-order valence-corrected chi connectivity index (χ2v) is 18.1. The number of halogens is 2. The summed E-state index contributed by atoms with van der Waals surface area (Å²) in [5, 5.41) is 16.3. The van der Waals surface area contributed by atoms with Crippen LogP contribution in [0.4, 0.5) is 19.3 Å². The van der Waals surface area contributed by atoms with Gasteiger partial charge >= 0.3 is 6.03 Å². The summed E-state index contributed by atoms with van der Waals surface area (Å²) in [6, 6.07) is 27.5. The van der Waals surface area contributed by atoms with Gasteiger partial charge in [0.2, 0.25) is 20.0 Å². The summed E-state index contributed by atoms with van der Waals surface area (Å²) in [5.74, 6) is -0.256. The number of carbonyl (C=O) groups is 1. The number of urea groups is 1. The summed E-state index contributed by atoms with van der Waals surface area (Å²) in [7, 11) is -7.17. The van der Waals surface area contributed by atoms with Gasteiger partial charge in [-0.2, -0.15) is 0 Å². The second kappa shape index (κ2) is 20.8. The van der Waals surface area contributed by atoms with E-state index in [4.69, 9.17) is 15.1 Å². The van der Waals surface area contributed by atoms with E-state index in [9.17, 15) is 30.4 Å². The van der Waals surface area contributed by atoms with Crippen LogP contribution in [0.25, 0.3) is 22.3 Å². The molecule has 2 amide bonds. The Morgan fingerprint density at radius 2 is 1.15 bits per heavy atom. The van der Waals surface area contributed by atoms with Gasteiger partial charge in [-0.05, 0) is 127 Å². The molecule has 4 aromatic carbocycles. The molecule has 0 fully saturated rings. The van der Waals surface area contributed by atoms with Crippen molar-refractivity contribution in [2.45, 2.75) is 51.4 Å². The largest absolute Gasteiger partial charge is 0.387 e. The van der Waals surface area contributed by atoms with Crippen molar-refractivity contribution in [3.63, 3.8) is 0 Å². The van der Waals surface area contributed by atoms with E-state index in [0.717, 1.165) is 41.5 Å². The number of benzene rings is 4. The highest BCUT2D eigenvalue weighted by Crippen LogP contribution is 2.41. The van der Waals surface area contributed by atoms with E-state index >= 15 is 0 Å². The first-order valence-corrected chi connectivity index (χ1v) is 23.1. The number of ether oxygens (including phenoxy) is 1. The molecule has 0 saturated carbocycles. The van der Waals surface area contributed by atoms with Crippen molar-refractivity contribution in [1.29, 1.82) is 5.26 Å². The smallest absolute Gasteiger partial charge is 0.332 e. The maximum atomic E-state index is 14.6. The van der Waals surface area contributed by atoms with Crippen molar-refractivity contribution in [2.75, 3.05) is 16.8 Å². The lowest BCUT2D eigenvalue weighted by Crippen LogP contribution is -2.36. The monoisotopic (exact) mass is 878 g/mol. The molecule has 0 spiro atoms. The van der Waals surface area contributed by atoms with Crippen molar-refractivity contribution >= 4 is 31.8 Å². The average molecular weight is 879 g/mol. The number of fused-ring (bicyclic) bond motifs is 2. The van der Waals surface area contributed by atoms with E-state index in [1.807, 2.05) is 60.7 Å². The third-order valence-corrected chi connectivity index (χ3v) is 12.3. The predicted octanol–water partition coefficient (Wildman–Crippen LogP) is 7.82. The normalized spacial score (nSPS) is 12.6. The summed E-state index contributed by atoms with van der Waals surface area (Å²) in [5.41, 5.74) is 7.69. The van der Waals surface area contributed by atoms with Gasteiger partial charge in [0.05, 0.1) is 17.2 Å². The van der Waals surface area contributed by atoms with Crippen LogP contribution in [-0.4, -0.2) is 44.3 Å². The summed E-state index contributed by atoms with van der Waals surface area (Å²) in [6.07, 6.45) is 13.2. The third kappa shape index (κ3) is 12.3. The van der Waals surface area contributed by atoms with E-state index < -0.39 is 26.1 Å². The van der Waals surface area contributed by atoms with Crippen LogP contribution in [0.2, 0.25) is 0 Å². The summed E-state index contributed by atoms with van der Waals surface area (Å²) < 4.78 is 81.9. The summed E-state index contributed by atoms with van der Waals surface area (Å²) >= 11 is 0. The lowest BCUT2D eigenvalue weighted by molar-refractivity contribution is 0.256. The van der Waals surface area contributed by atoms with Crippen LogP contribution in [0, 0.1) is 23.2 Å². The van der Waals surface area contributed by atoms with Crippen molar-refractivity contribution in [1.82, 2.24) is 14.7 Å². The molecule has 0 unspecified atom stereocenters.